The van der Waals surface area contributed by atoms with Crippen molar-refractivity contribution in [1.29, 1.82) is 0 Å². The first-order valence-corrected chi connectivity index (χ1v) is 10.7. The van der Waals surface area contributed by atoms with Gasteiger partial charge in [0.2, 0.25) is 0 Å². The largest absolute Gasteiger partial charge is 0.479 e. The summed E-state index contributed by atoms with van der Waals surface area (Å²) in [6.07, 6.45) is 6.73. The van der Waals surface area contributed by atoms with Crippen molar-refractivity contribution in [3.8, 4) is 0 Å². The Morgan fingerprint density at radius 1 is 1.24 bits per heavy atom. The molecule has 29 heavy (non-hydrogen) atoms. The maximum absolute atomic E-state index is 12.6. The van der Waals surface area contributed by atoms with E-state index in [0.717, 1.165) is 18.4 Å². The number of rotatable bonds is 1. The molecule has 0 aromatic heterocycles. The molecule has 6 nitrogen and oxygen atoms in total. The number of aliphatic hydroxyl groups is 1. The van der Waals surface area contributed by atoms with E-state index in [4.69, 9.17) is 9.47 Å². The first kappa shape index (κ1) is 19.5. The van der Waals surface area contributed by atoms with Crippen molar-refractivity contribution in [2.75, 3.05) is 0 Å². The number of ketones is 1. The van der Waals surface area contributed by atoms with Gasteiger partial charge in [0, 0.05) is 16.7 Å². The Bertz CT molecular complexity index is 857. The third-order valence-corrected chi connectivity index (χ3v) is 8.81. The van der Waals surface area contributed by atoms with Gasteiger partial charge in [-0.05, 0) is 63.5 Å². The molecule has 1 saturated heterocycles. The summed E-state index contributed by atoms with van der Waals surface area (Å²) in [5.74, 6) is -1.74. The van der Waals surface area contributed by atoms with Crippen LogP contribution in [-0.2, 0) is 19.1 Å². The maximum atomic E-state index is 12.6. The fourth-order valence-electron chi connectivity index (χ4n) is 7.79. The number of carboxylic acids is 1. The van der Waals surface area contributed by atoms with Gasteiger partial charge in [-0.25, -0.2) is 4.79 Å². The molecule has 4 aliphatic carbocycles. The molecule has 0 spiro atoms. The highest BCUT2D eigenvalue weighted by atomic mass is 16.8. The van der Waals surface area contributed by atoms with E-state index in [2.05, 4.69) is 6.92 Å². The van der Waals surface area contributed by atoms with E-state index in [1.165, 1.54) is 0 Å². The molecule has 3 saturated carbocycles. The summed E-state index contributed by atoms with van der Waals surface area (Å²) in [4.78, 5) is 24.5. The molecule has 0 aromatic rings. The van der Waals surface area contributed by atoms with Gasteiger partial charge in [0.1, 0.15) is 6.10 Å². The van der Waals surface area contributed by atoms with Crippen LogP contribution in [0.3, 0.4) is 0 Å². The van der Waals surface area contributed by atoms with Crippen LogP contribution in [0.5, 0.6) is 0 Å². The smallest absolute Gasteiger partial charge is 0.339 e. The molecule has 0 radical (unpaired) electrons. The normalized spacial score (nSPS) is 52.2. The standard InChI is InChI=1S/C23H30O6/c1-20(2)28-17-10-15-14-6-5-12-9-13(24)7-8-21(12,3)18(14)16(25)11-22(15,4)23(17,29-20)19(26)27/h7-9,14-18,25H,5-6,10-11H2,1-4H3,(H,26,27)/t14?,15?,16-,17+,18?,21?,22?,23-/m0/s1. The predicted molar refractivity (Wildman–Crippen MR) is 104 cm³/mol. The second-order valence-electron chi connectivity index (χ2n) is 10.6. The molecule has 5 unspecified atom stereocenters. The van der Waals surface area contributed by atoms with Crippen LogP contribution in [0.1, 0.15) is 53.4 Å². The van der Waals surface area contributed by atoms with E-state index in [1.807, 2.05) is 13.0 Å². The second kappa shape index (κ2) is 5.59. The molecule has 5 rings (SSSR count). The molecule has 1 heterocycles. The highest BCUT2D eigenvalue weighted by molar-refractivity contribution is 6.01. The van der Waals surface area contributed by atoms with Crippen molar-refractivity contribution >= 4 is 11.8 Å². The van der Waals surface area contributed by atoms with Gasteiger partial charge < -0.3 is 19.7 Å². The van der Waals surface area contributed by atoms with Gasteiger partial charge in [-0.2, -0.15) is 0 Å². The third-order valence-electron chi connectivity index (χ3n) is 8.81. The highest BCUT2D eigenvalue weighted by Gasteiger charge is 2.77. The number of ether oxygens (including phenoxy) is 2. The lowest BCUT2D eigenvalue weighted by atomic mass is 9.46. The van der Waals surface area contributed by atoms with Gasteiger partial charge in [0.15, 0.2) is 17.2 Å². The minimum Gasteiger partial charge on any atom is -0.479 e. The van der Waals surface area contributed by atoms with Gasteiger partial charge in [-0.3, -0.25) is 4.79 Å². The average molecular weight is 402 g/mol. The highest BCUT2D eigenvalue weighted by Crippen LogP contribution is 2.70. The number of hydrogen-bond acceptors (Lipinski definition) is 5. The molecule has 8 atom stereocenters. The van der Waals surface area contributed by atoms with E-state index in [9.17, 15) is 19.8 Å². The number of carbonyl (C=O) groups is 2. The van der Waals surface area contributed by atoms with Crippen molar-refractivity contribution in [2.45, 2.75) is 77.0 Å². The van der Waals surface area contributed by atoms with Gasteiger partial charge in [0.25, 0.3) is 0 Å². The zero-order valence-corrected chi connectivity index (χ0v) is 17.5. The molecule has 4 fully saturated rings. The van der Waals surface area contributed by atoms with Crippen molar-refractivity contribution in [1.82, 2.24) is 0 Å². The van der Waals surface area contributed by atoms with E-state index < -0.39 is 35.0 Å². The van der Waals surface area contributed by atoms with Crippen LogP contribution in [-0.4, -0.2) is 45.6 Å². The Kier molecular flexibility index (Phi) is 3.75. The number of carboxylic acid groups (broad SMARTS) is 1. The topological polar surface area (TPSA) is 93.1 Å². The Balaban J connectivity index is 1.59. The molecule has 5 aliphatic rings. The van der Waals surface area contributed by atoms with Crippen LogP contribution in [0.15, 0.2) is 23.8 Å². The number of fused-ring (bicyclic) bond motifs is 7. The van der Waals surface area contributed by atoms with Crippen LogP contribution in [0.4, 0.5) is 0 Å². The predicted octanol–water partition coefficient (Wildman–Crippen LogP) is 2.85. The molecule has 158 valence electrons. The zero-order chi connectivity index (χ0) is 21.0. The Morgan fingerprint density at radius 2 is 1.97 bits per heavy atom. The van der Waals surface area contributed by atoms with E-state index in [0.29, 0.717) is 12.8 Å². The van der Waals surface area contributed by atoms with E-state index in [1.54, 1.807) is 26.0 Å². The fourth-order valence-corrected chi connectivity index (χ4v) is 7.79. The summed E-state index contributed by atoms with van der Waals surface area (Å²) in [7, 11) is 0. The number of hydrogen-bond donors (Lipinski definition) is 2. The van der Waals surface area contributed by atoms with Crippen LogP contribution in [0, 0.1) is 28.6 Å². The lowest BCUT2D eigenvalue weighted by molar-refractivity contribution is -0.232. The molecule has 0 amide bonds. The molecule has 0 aromatic carbocycles. The van der Waals surface area contributed by atoms with Crippen molar-refractivity contribution in [2.24, 2.45) is 28.6 Å². The summed E-state index contributed by atoms with van der Waals surface area (Å²) >= 11 is 0. The van der Waals surface area contributed by atoms with E-state index >= 15 is 0 Å². The minimum atomic E-state index is -1.44. The first-order valence-electron chi connectivity index (χ1n) is 10.7. The van der Waals surface area contributed by atoms with Crippen LogP contribution >= 0.6 is 0 Å². The quantitative estimate of drug-likeness (QED) is 0.701. The minimum absolute atomic E-state index is 0.00956. The lowest BCUT2D eigenvalue weighted by Gasteiger charge is -2.59. The lowest BCUT2D eigenvalue weighted by Crippen LogP contribution is -2.63. The Labute approximate surface area is 170 Å². The van der Waals surface area contributed by atoms with Crippen LogP contribution in [0.2, 0.25) is 0 Å². The average Bonchev–Trinajstić information content (AvgIpc) is 3.02. The third kappa shape index (κ3) is 2.23. The Morgan fingerprint density at radius 3 is 2.66 bits per heavy atom. The molecule has 2 N–H and O–H groups in total. The summed E-state index contributed by atoms with van der Waals surface area (Å²) in [5, 5.41) is 21.7. The first-order chi connectivity index (χ1) is 13.4. The summed E-state index contributed by atoms with van der Waals surface area (Å²) in [5.41, 5.74) is -1.44. The van der Waals surface area contributed by atoms with Crippen molar-refractivity contribution in [3.05, 3.63) is 23.8 Å². The summed E-state index contributed by atoms with van der Waals surface area (Å²) in [6.45, 7) is 7.62. The van der Waals surface area contributed by atoms with Gasteiger partial charge >= 0.3 is 5.97 Å². The van der Waals surface area contributed by atoms with Crippen molar-refractivity contribution in [3.63, 3.8) is 0 Å². The molecular formula is C23H30O6. The van der Waals surface area contributed by atoms with Gasteiger partial charge in [0.05, 0.1) is 6.10 Å². The molecular weight excluding hydrogens is 372 g/mol. The number of carbonyl (C=O) groups excluding carboxylic acids is 1. The van der Waals surface area contributed by atoms with Crippen LogP contribution < -0.4 is 0 Å². The summed E-state index contributed by atoms with van der Waals surface area (Å²) < 4.78 is 12.3. The van der Waals surface area contributed by atoms with Gasteiger partial charge in [-0.15, -0.1) is 0 Å². The summed E-state index contributed by atoms with van der Waals surface area (Å²) in [6, 6.07) is 0. The van der Waals surface area contributed by atoms with Crippen LogP contribution in [0.25, 0.3) is 0 Å². The van der Waals surface area contributed by atoms with Crippen molar-refractivity contribution < 1.29 is 29.3 Å². The zero-order valence-electron chi connectivity index (χ0n) is 17.5. The monoisotopic (exact) mass is 402 g/mol. The number of allylic oxidation sites excluding steroid dienone is 4. The molecule has 1 aliphatic heterocycles. The Hall–Kier alpha value is -1.50. The van der Waals surface area contributed by atoms with E-state index in [-0.39, 0.29) is 29.0 Å². The fraction of sp³-hybridized carbons (Fsp3) is 0.739. The number of aliphatic carboxylic acids is 1. The molecule has 6 heteroatoms. The maximum Gasteiger partial charge on any atom is 0.339 e. The second-order valence-corrected chi connectivity index (χ2v) is 10.6. The molecule has 0 bridgehead atoms. The number of aliphatic hydroxyl groups excluding tert-OH is 1. The van der Waals surface area contributed by atoms with Gasteiger partial charge in [-0.1, -0.05) is 25.5 Å². The SMILES string of the molecule is CC1(C)O[C@@H]2CC3C4CCC5=CC(=O)C=CC5(C)C4[C@@H](O)CC3(C)[C@]2(C(=O)O)O1.